The zero-order chi connectivity index (χ0) is 21.7. The Balaban J connectivity index is 1.80. The number of amides is 1. The molecule has 3 N–H and O–H groups in total. The highest BCUT2D eigenvalue weighted by Crippen LogP contribution is 2.27. The van der Waals surface area contributed by atoms with E-state index in [1.165, 1.54) is 7.11 Å². The molecule has 0 saturated carbocycles. The highest BCUT2D eigenvalue weighted by molar-refractivity contribution is 5.82. The molecule has 0 atom stereocenters. The van der Waals surface area contributed by atoms with E-state index < -0.39 is 11.7 Å². The predicted octanol–water partition coefficient (Wildman–Crippen LogP) is 2.69. The summed E-state index contributed by atoms with van der Waals surface area (Å²) in [5.41, 5.74) is 1.94. The number of H-pyrrole nitrogens is 1. The molecular formula is C22H25N3O5. The van der Waals surface area contributed by atoms with E-state index >= 15 is 0 Å². The van der Waals surface area contributed by atoms with Crippen LogP contribution in [0.5, 0.6) is 0 Å². The molecule has 3 rings (SSSR count). The topological polar surface area (TPSA) is 114 Å². The van der Waals surface area contributed by atoms with E-state index in [1.807, 2.05) is 38.1 Å². The van der Waals surface area contributed by atoms with Crippen LogP contribution in [0.25, 0.3) is 22.3 Å². The Hall–Kier alpha value is -3.23. The van der Waals surface area contributed by atoms with Gasteiger partial charge in [0.05, 0.1) is 36.8 Å². The number of aromatic amines is 1. The number of ether oxygens (including phenoxy) is 2. The van der Waals surface area contributed by atoms with Crippen LogP contribution in [0.3, 0.4) is 0 Å². The van der Waals surface area contributed by atoms with Gasteiger partial charge in [0.15, 0.2) is 0 Å². The van der Waals surface area contributed by atoms with Crippen molar-refractivity contribution in [2.24, 2.45) is 0 Å². The van der Waals surface area contributed by atoms with E-state index in [-0.39, 0.29) is 12.2 Å². The van der Waals surface area contributed by atoms with Gasteiger partial charge in [0, 0.05) is 17.7 Å². The summed E-state index contributed by atoms with van der Waals surface area (Å²) in [4.78, 5) is 30.9. The molecule has 8 nitrogen and oxygen atoms in total. The van der Waals surface area contributed by atoms with Crippen molar-refractivity contribution in [3.8, 4) is 11.4 Å². The van der Waals surface area contributed by atoms with E-state index in [2.05, 4.69) is 20.0 Å². The fourth-order valence-corrected chi connectivity index (χ4v) is 3.13. The summed E-state index contributed by atoms with van der Waals surface area (Å²) in [5.74, 6) is 0.431. The van der Waals surface area contributed by atoms with E-state index in [4.69, 9.17) is 4.74 Å². The molecule has 0 bridgehead atoms. The molecule has 0 saturated heterocycles. The number of nitrogens with one attached hydrogen (secondary N) is 2. The van der Waals surface area contributed by atoms with Crippen LogP contribution in [0.15, 0.2) is 47.3 Å². The van der Waals surface area contributed by atoms with Crippen molar-refractivity contribution in [1.29, 1.82) is 0 Å². The fourth-order valence-electron chi connectivity index (χ4n) is 3.13. The highest BCUT2D eigenvalue weighted by atomic mass is 16.5. The van der Waals surface area contributed by atoms with Crippen LogP contribution in [0.1, 0.15) is 25.0 Å². The van der Waals surface area contributed by atoms with Gasteiger partial charge in [-0.2, -0.15) is 0 Å². The number of hydrogen-bond donors (Lipinski definition) is 3. The molecule has 0 aliphatic heterocycles. The molecule has 1 aromatic heterocycles. The number of carbonyl (C=O) groups excluding carboxylic acids is 1. The number of benzene rings is 2. The van der Waals surface area contributed by atoms with Crippen molar-refractivity contribution in [2.45, 2.75) is 26.1 Å². The number of carbonyl (C=O) groups is 1. The number of alkyl carbamates (subject to hydrolysis) is 1. The van der Waals surface area contributed by atoms with Crippen LogP contribution in [0.4, 0.5) is 4.79 Å². The lowest BCUT2D eigenvalue weighted by Crippen LogP contribution is -2.30. The van der Waals surface area contributed by atoms with Gasteiger partial charge in [-0.3, -0.25) is 4.79 Å². The summed E-state index contributed by atoms with van der Waals surface area (Å²) in [6.07, 6.45) is -0.498. The van der Waals surface area contributed by atoms with Crippen LogP contribution in [0, 0.1) is 0 Å². The zero-order valence-electron chi connectivity index (χ0n) is 17.2. The van der Waals surface area contributed by atoms with Gasteiger partial charge >= 0.3 is 6.09 Å². The number of aliphatic hydroxyl groups excluding tert-OH is 1. The number of hydrogen-bond acceptors (Lipinski definition) is 6. The van der Waals surface area contributed by atoms with Crippen molar-refractivity contribution in [2.75, 3.05) is 20.3 Å². The zero-order valence-corrected chi connectivity index (χ0v) is 17.2. The van der Waals surface area contributed by atoms with E-state index in [0.717, 1.165) is 11.1 Å². The van der Waals surface area contributed by atoms with Gasteiger partial charge in [0.25, 0.3) is 5.56 Å². The maximum Gasteiger partial charge on any atom is 0.406 e. The molecule has 1 heterocycles. The lowest BCUT2D eigenvalue weighted by Gasteiger charge is -2.26. The second kappa shape index (κ2) is 9.06. The first kappa shape index (κ1) is 21.5. The fraction of sp³-hybridized carbons (Fsp3) is 0.318. The molecule has 158 valence electrons. The van der Waals surface area contributed by atoms with Crippen LogP contribution in [-0.4, -0.2) is 41.4 Å². The summed E-state index contributed by atoms with van der Waals surface area (Å²) in [7, 11) is 1.31. The first-order valence-corrected chi connectivity index (χ1v) is 9.55. The number of rotatable bonds is 7. The third-order valence-corrected chi connectivity index (χ3v) is 4.86. The summed E-state index contributed by atoms with van der Waals surface area (Å²) in [5, 5.41) is 12.6. The standard InChI is InChI=1S/C22H25N3O5/c1-22(2,30-12-11-23-21(28)29-3)16-9-7-14(8-10-16)19-24-18-15(13-26)5-4-6-17(18)20(27)25-19/h4-10,26H,11-13H2,1-3H3,(H,23,28)(H,24,25,27). The Kier molecular flexibility index (Phi) is 6.49. The van der Waals surface area contributed by atoms with Gasteiger partial charge in [0.1, 0.15) is 5.82 Å². The summed E-state index contributed by atoms with van der Waals surface area (Å²) in [6, 6.07) is 12.7. The van der Waals surface area contributed by atoms with E-state index in [0.29, 0.717) is 35.4 Å². The summed E-state index contributed by atoms with van der Waals surface area (Å²) >= 11 is 0. The van der Waals surface area contributed by atoms with Crippen molar-refractivity contribution in [3.63, 3.8) is 0 Å². The molecular weight excluding hydrogens is 386 g/mol. The quantitative estimate of drug-likeness (QED) is 0.515. The monoisotopic (exact) mass is 411 g/mol. The number of fused-ring (bicyclic) bond motifs is 1. The Morgan fingerprint density at radius 1 is 1.20 bits per heavy atom. The minimum atomic E-state index is -0.579. The first-order chi connectivity index (χ1) is 14.4. The Labute approximate surface area is 173 Å². The minimum absolute atomic E-state index is 0.192. The molecule has 0 unspecified atom stereocenters. The minimum Gasteiger partial charge on any atom is -0.453 e. The average molecular weight is 411 g/mol. The average Bonchev–Trinajstić information content (AvgIpc) is 2.76. The van der Waals surface area contributed by atoms with Crippen LogP contribution >= 0.6 is 0 Å². The third-order valence-electron chi connectivity index (χ3n) is 4.86. The molecule has 2 aromatic carbocycles. The lowest BCUT2D eigenvalue weighted by molar-refractivity contribution is -0.0195. The normalized spacial score (nSPS) is 11.5. The number of methoxy groups -OCH3 is 1. The molecule has 8 heteroatoms. The Bertz CT molecular complexity index is 1090. The summed E-state index contributed by atoms with van der Waals surface area (Å²) in [6.45, 7) is 4.34. The molecule has 0 radical (unpaired) electrons. The van der Waals surface area contributed by atoms with Crippen molar-refractivity contribution < 1.29 is 19.4 Å². The van der Waals surface area contributed by atoms with Crippen molar-refractivity contribution in [1.82, 2.24) is 15.3 Å². The van der Waals surface area contributed by atoms with E-state index in [9.17, 15) is 14.7 Å². The highest BCUT2D eigenvalue weighted by Gasteiger charge is 2.21. The summed E-state index contributed by atoms with van der Waals surface area (Å²) < 4.78 is 10.4. The molecule has 0 aliphatic carbocycles. The largest absolute Gasteiger partial charge is 0.453 e. The van der Waals surface area contributed by atoms with Crippen molar-refractivity contribution >= 4 is 17.0 Å². The van der Waals surface area contributed by atoms with Crippen LogP contribution in [0.2, 0.25) is 0 Å². The maximum absolute atomic E-state index is 12.4. The molecule has 1 amide bonds. The van der Waals surface area contributed by atoms with Gasteiger partial charge in [-0.05, 0) is 25.5 Å². The second-order valence-corrected chi connectivity index (χ2v) is 7.24. The Morgan fingerprint density at radius 3 is 2.60 bits per heavy atom. The van der Waals surface area contributed by atoms with Gasteiger partial charge in [-0.1, -0.05) is 36.4 Å². The first-order valence-electron chi connectivity index (χ1n) is 9.55. The van der Waals surface area contributed by atoms with Gasteiger partial charge in [-0.15, -0.1) is 0 Å². The number of nitrogens with zero attached hydrogens (tertiary/aromatic N) is 1. The predicted molar refractivity (Wildman–Crippen MR) is 113 cm³/mol. The van der Waals surface area contributed by atoms with Crippen LogP contribution < -0.4 is 10.9 Å². The molecule has 3 aromatic rings. The van der Waals surface area contributed by atoms with Gasteiger partial charge in [-0.25, -0.2) is 9.78 Å². The third kappa shape index (κ3) is 4.67. The van der Waals surface area contributed by atoms with Gasteiger partial charge in [0.2, 0.25) is 0 Å². The number of aliphatic hydroxyl groups is 1. The molecule has 0 fully saturated rings. The lowest BCUT2D eigenvalue weighted by atomic mass is 9.96. The SMILES string of the molecule is COC(=O)NCCOC(C)(C)c1ccc(-c2nc3c(CO)cccc3c(=O)[nH]2)cc1. The number of aromatic nitrogens is 2. The van der Waals surface area contributed by atoms with E-state index in [1.54, 1.807) is 18.2 Å². The van der Waals surface area contributed by atoms with Gasteiger partial charge < -0.3 is 24.9 Å². The smallest absolute Gasteiger partial charge is 0.406 e. The second-order valence-electron chi connectivity index (χ2n) is 7.24. The molecule has 30 heavy (non-hydrogen) atoms. The molecule has 0 aliphatic rings. The maximum atomic E-state index is 12.4. The van der Waals surface area contributed by atoms with Crippen molar-refractivity contribution in [3.05, 3.63) is 63.9 Å². The molecule has 0 spiro atoms. The number of para-hydroxylation sites is 1. The Morgan fingerprint density at radius 2 is 1.93 bits per heavy atom. The van der Waals surface area contributed by atoms with Crippen LogP contribution in [-0.2, 0) is 21.7 Å².